The lowest BCUT2D eigenvalue weighted by atomic mass is 10.0. The summed E-state index contributed by atoms with van der Waals surface area (Å²) in [6.45, 7) is 0. The summed E-state index contributed by atoms with van der Waals surface area (Å²) >= 11 is 12.2. The maximum atomic E-state index is 6.35. The molecule has 2 nitrogen and oxygen atoms in total. The second-order valence-corrected chi connectivity index (χ2v) is 5.41. The van der Waals surface area contributed by atoms with Gasteiger partial charge in [0.25, 0.3) is 0 Å². The molecule has 0 saturated heterocycles. The second kappa shape index (κ2) is 7.58. The van der Waals surface area contributed by atoms with Crippen LogP contribution in [-0.2, 0) is 12.8 Å². The molecule has 2 aromatic rings. The van der Waals surface area contributed by atoms with Crippen LogP contribution in [0.15, 0.2) is 36.4 Å². The second-order valence-electron chi connectivity index (χ2n) is 4.60. The first-order valence-electron chi connectivity index (χ1n) is 6.61. The summed E-state index contributed by atoms with van der Waals surface area (Å²) in [5.41, 5.74) is 2.24. The highest BCUT2D eigenvalue weighted by Gasteiger charge is 2.12. The molecule has 0 fully saturated rings. The molecule has 0 spiro atoms. The van der Waals surface area contributed by atoms with Gasteiger partial charge in [0.05, 0.1) is 19.2 Å². The molecule has 1 radical (unpaired) electrons. The van der Waals surface area contributed by atoms with Gasteiger partial charge in [0, 0.05) is 5.02 Å². The van der Waals surface area contributed by atoms with Crippen LogP contribution < -0.4 is 9.47 Å². The highest BCUT2D eigenvalue weighted by atomic mass is 35.5. The van der Waals surface area contributed by atoms with E-state index in [2.05, 4.69) is 6.42 Å². The van der Waals surface area contributed by atoms with Crippen LogP contribution in [0.3, 0.4) is 0 Å². The maximum Gasteiger partial charge on any atom is 0.179 e. The van der Waals surface area contributed by atoms with Gasteiger partial charge in [-0.05, 0) is 48.6 Å². The summed E-state index contributed by atoms with van der Waals surface area (Å²) in [4.78, 5) is 0. The van der Waals surface area contributed by atoms with Gasteiger partial charge in [-0.2, -0.15) is 0 Å². The molecule has 2 aromatic carbocycles. The van der Waals surface area contributed by atoms with E-state index < -0.39 is 0 Å². The quantitative estimate of drug-likeness (QED) is 0.744. The largest absolute Gasteiger partial charge is 0.493 e. The Bertz CT molecular complexity index is 594. The Balaban J connectivity index is 2.01. The number of rotatable bonds is 6. The van der Waals surface area contributed by atoms with Gasteiger partial charge in [0.1, 0.15) is 0 Å². The van der Waals surface area contributed by atoms with Gasteiger partial charge in [-0.1, -0.05) is 41.4 Å². The first-order valence-corrected chi connectivity index (χ1v) is 7.36. The molecule has 21 heavy (non-hydrogen) atoms. The fourth-order valence-electron chi connectivity index (χ4n) is 2.10. The smallest absolute Gasteiger partial charge is 0.179 e. The zero-order chi connectivity index (χ0) is 15.2. The van der Waals surface area contributed by atoms with E-state index in [4.69, 9.17) is 32.7 Å². The molecule has 0 N–H and O–H groups in total. The molecule has 111 valence electrons. The first-order chi connectivity index (χ1) is 10.2. The molecule has 0 amide bonds. The molecule has 0 aliphatic carbocycles. The van der Waals surface area contributed by atoms with Crippen LogP contribution in [0.4, 0.5) is 0 Å². The summed E-state index contributed by atoms with van der Waals surface area (Å²) in [5.74, 6) is 1.22. The van der Waals surface area contributed by atoms with Gasteiger partial charge >= 0.3 is 0 Å². The molecule has 0 saturated carbocycles. The Hall–Kier alpha value is -1.38. The number of benzene rings is 2. The van der Waals surface area contributed by atoms with Crippen molar-refractivity contribution in [2.75, 3.05) is 14.2 Å². The van der Waals surface area contributed by atoms with E-state index in [-0.39, 0.29) is 0 Å². The van der Waals surface area contributed by atoms with E-state index in [1.165, 1.54) is 5.56 Å². The number of hydrogen-bond acceptors (Lipinski definition) is 2. The average Bonchev–Trinajstić information content (AvgIpc) is 2.50. The van der Waals surface area contributed by atoms with Gasteiger partial charge in [-0.3, -0.25) is 0 Å². The van der Waals surface area contributed by atoms with Crippen molar-refractivity contribution in [2.45, 2.75) is 12.8 Å². The third kappa shape index (κ3) is 4.05. The number of hydrogen-bond donors (Lipinski definition) is 0. The summed E-state index contributed by atoms with van der Waals surface area (Å²) in [7, 11) is 3.19. The molecule has 0 heterocycles. The number of methoxy groups -OCH3 is 2. The van der Waals surface area contributed by atoms with Crippen LogP contribution >= 0.6 is 23.2 Å². The van der Waals surface area contributed by atoms with Crippen molar-refractivity contribution in [1.29, 1.82) is 0 Å². The third-order valence-electron chi connectivity index (χ3n) is 3.22. The number of halogens is 2. The monoisotopic (exact) mass is 323 g/mol. The van der Waals surface area contributed by atoms with Crippen molar-refractivity contribution >= 4 is 23.2 Å². The van der Waals surface area contributed by atoms with E-state index in [0.29, 0.717) is 16.5 Å². The third-order valence-corrected chi connectivity index (χ3v) is 3.89. The predicted octanol–water partition coefficient (Wildman–Crippen LogP) is 5.00. The minimum atomic E-state index is 0.580. The molecular weight excluding hydrogens is 307 g/mol. The van der Waals surface area contributed by atoms with Gasteiger partial charge in [-0.25, -0.2) is 0 Å². The zero-order valence-corrected chi connectivity index (χ0v) is 13.5. The van der Waals surface area contributed by atoms with Crippen LogP contribution in [-0.4, -0.2) is 14.2 Å². The highest BCUT2D eigenvalue weighted by Crippen LogP contribution is 2.37. The summed E-state index contributed by atoms with van der Waals surface area (Å²) in [6, 6.07) is 11.7. The summed E-state index contributed by atoms with van der Waals surface area (Å²) in [5, 5.41) is 1.35. The van der Waals surface area contributed by atoms with Crippen LogP contribution in [0, 0.1) is 6.42 Å². The van der Waals surface area contributed by atoms with Gasteiger partial charge in [0.2, 0.25) is 0 Å². The summed E-state index contributed by atoms with van der Waals surface area (Å²) in [6.07, 6.45) is 3.81. The first kappa shape index (κ1) is 16.0. The van der Waals surface area contributed by atoms with E-state index >= 15 is 0 Å². The Kier molecular flexibility index (Phi) is 5.77. The predicted molar refractivity (Wildman–Crippen MR) is 87.7 cm³/mol. The topological polar surface area (TPSA) is 18.5 Å². The molecule has 0 unspecified atom stereocenters. The van der Waals surface area contributed by atoms with Crippen LogP contribution in [0.5, 0.6) is 11.5 Å². The SMILES string of the molecule is COc1ccc(C[CH]Cc2ccc(Cl)cc2)c(Cl)c1OC. The lowest BCUT2D eigenvalue weighted by molar-refractivity contribution is 0.355. The zero-order valence-electron chi connectivity index (χ0n) is 12.0. The van der Waals surface area contributed by atoms with Gasteiger partial charge in [0.15, 0.2) is 11.5 Å². The lowest BCUT2D eigenvalue weighted by Gasteiger charge is -2.12. The molecule has 0 aliphatic heterocycles. The molecule has 4 heteroatoms. The molecule has 0 bridgehead atoms. The summed E-state index contributed by atoms with van der Waals surface area (Å²) < 4.78 is 10.5. The van der Waals surface area contributed by atoms with Crippen LogP contribution in [0.2, 0.25) is 10.0 Å². The highest BCUT2D eigenvalue weighted by molar-refractivity contribution is 6.33. The Morgan fingerprint density at radius 3 is 2.24 bits per heavy atom. The Morgan fingerprint density at radius 1 is 0.905 bits per heavy atom. The van der Waals surface area contributed by atoms with E-state index in [9.17, 15) is 0 Å². The Labute approximate surface area is 135 Å². The molecule has 0 aliphatic rings. The maximum absolute atomic E-state index is 6.35. The van der Waals surface area contributed by atoms with Crippen molar-refractivity contribution < 1.29 is 9.47 Å². The standard InChI is InChI=1S/C17H17Cl2O2/c1-20-15-11-8-13(16(19)17(15)21-2)5-3-4-12-6-9-14(18)10-7-12/h3,6-11H,4-5H2,1-2H3. The Morgan fingerprint density at radius 2 is 1.62 bits per heavy atom. The molecule has 0 aromatic heterocycles. The molecule has 0 atom stereocenters. The van der Waals surface area contributed by atoms with E-state index in [1.807, 2.05) is 36.4 Å². The van der Waals surface area contributed by atoms with Crippen molar-refractivity contribution in [3.8, 4) is 11.5 Å². The average molecular weight is 324 g/mol. The van der Waals surface area contributed by atoms with E-state index in [0.717, 1.165) is 23.4 Å². The van der Waals surface area contributed by atoms with Gasteiger partial charge < -0.3 is 9.47 Å². The van der Waals surface area contributed by atoms with Crippen molar-refractivity contribution in [2.24, 2.45) is 0 Å². The normalized spacial score (nSPS) is 10.5. The van der Waals surface area contributed by atoms with Crippen molar-refractivity contribution in [3.05, 3.63) is 64.0 Å². The lowest BCUT2D eigenvalue weighted by Crippen LogP contribution is -1.97. The van der Waals surface area contributed by atoms with E-state index in [1.54, 1.807) is 14.2 Å². The van der Waals surface area contributed by atoms with Crippen LogP contribution in [0.1, 0.15) is 11.1 Å². The minimum absolute atomic E-state index is 0.580. The van der Waals surface area contributed by atoms with Crippen molar-refractivity contribution in [1.82, 2.24) is 0 Å². The van der Waals surface area contributed by atoms with Crippen molar-refractivity contribution in [3.63, 3.8) is 0 Å². The number of ether oxygens (including phenoxy) is 2. The molecule has 2 rings (SSSR count). The molecular formula is C17H17Cl2O2. The fourth-order valence-corrected chi connectivity index (χ4v) is 2.54. The van der Waals surface area contributed by atoms with Crippen LogP contribution in [0.25, 0.3) is 0 Å². The van der Waals surface area contributed by atoms with Gasteiger partial charge in [-0.15, -0.1) is 0 Å². The minimum Gasteiger partial charge on any atom is -0.493 e. The fraction of sp³-hybridized carbons (Fsp3) is 0.235.